The molecule has 0 saturated carbocycles. The molecule has 2 aromatic rings. The lowest BCUT2D eigenvalue weighted by Crippen LogP contribution is -2.48. The molecule has 1 aromatic heterocycles. The lowest BCUT2D eigenvalue weighted by molar-refractivity contribution is 0.0947. The van der Waals surface area contributed by atoms with E-state index in [4.69, 9.17) is 10.2 Å². The van der Waals surface area contributed by atoms with Crippen LogP contribution in [0.15, 0.2) is 41.0 Å². The maximum Gasteiger partial charge on any atom is 0.254 e. The van der Waals surface area contributed by atoms with Crippen molar-refractivity contribution < 1.29 is 13.6 Å². The van der Waals surface area contributed by atoms with E-state index in [-0.39, 0.29) is 55.5 Å². The van der Waals surface area contributed by atoms with E-state index in [0.717, 1.165) is 38.4 Å². The van der Waals surface area contributed by atoms with Gasteiger partial charge in [0.2, 0.25) is 0 Å². The fourth-order valence-electron chi connectivity index (χ4n) is 2.92. The average molecular weight is 456 g/mol. The molecule has 0 unspecified atom stereocenters. The van der Waals surface area contributed by atoms with Crippen LogP contribution < -0.4 is 16.0 Å². The fraction of sp³-hybridized carbons (Fsp3) is 0.389. The summed E-state index contributed by atoms with van der Waals surface area (Å²) in [5.41, 5.74) is 7.01. The number of carbonyl (C=O) groups excluding carboxylic acids is 1. The average Bonchev–Trinajstić information content (AvgIpc) is 3.12. The number of nitrogens with one attached hydrogen (secondary N) is 1. The van der Waals surface area contributed by atoms with Gasteiger partial charge in [-0.2, -0.15) is 0 Å². The summed E-state index contributed by atoms with van der Waals surface area (Å²) in [6.07, 6.45) is 1.43. The third-order valence-corrected chi connectivity index (χ3v) is 4.39. The summed E-state index contributed by atoms with van der Waals surface area (Å²) in [4.78, 5) is 16.6. The Morgan fingerprint density at radius 2 is 1.75 bits per heavy atom. The van der Waals surface area contributed by atoms with Crippen molar-refractivity contribution in [1.29, 1.82) is 0 Å². The monoisotopic (exact) mass is 454 g/mol. The Kier molecular flexibility index (Phi) is 12.2. The molecule has 1 aliphatic rings. The van der Waals surface area contributed by atoms with E-state index >= 15 is 0 Å². The first-order valence-corrected chi connectivity index (χ1v) is 8.44. The molecule has 0 bridgehead atoms. The summed E-state index contributed by atoms with van der Waals surface area (Å²) in [6.45, 7) is 5.27. The molecule has 1 aliphatic heterocycles. The number of nitrogens with two attached hydrogens (primary N) is 1. The molecule has 1 fully saturated rings. The van der Waals surface area contributed by atoms with E-state index in [1.54, 1.807) is 6.07 Å². The smallest absolute Gasteiger partial charge is 0.254 e. The van der Waals surface area contributed by atoms with Gasteiger partial charge in [0, 0.05) is 45.0 Å². The standard InChI is InChI=1S/C18H23FN4O2.3ClH/c19-15-1-3-16(4-2-15)23-9-7-22(8-10-23)6-5-21-18(24)14-11-17(12-20)25-13-14;;;/h1-4,11,13H,5-10,12,20H2,(H,21,24);3*1H. The largest absolute Gasteiger partial charge is 0.467 e. The van der Waals surface area contributed by atoms with Gasteiger partial charge >= 0.3 is 0 Å². The molecular formula is C18H26Cl3FN4O2. The minimum Gasteiger partial charge on any atom is -0.467 e. The molecule has 2 heterocycles. The molecule has 0 radical (unpaired) electrons. The number of amides is 1. The number of piperazine rings is 1. The van der Waals surface area contributed by atoms with Gasteiger partial charge in [0.05, 0.1) is 12.1 Å². The van der Waals surface area contributed by atoms with Crippen molar-refractivity contribution in [2.75, 3.05) is 44.2 Å². The predicted octanol–water partition coefficient (Wildman–Crippen LogP) is 2.69. The quantitative estimate of drug-likeness (QED) is 0.700. The van der Waals surface area contributed by atoms with E-state index in [9.17, 15) is 9.18 Å². The minimum atomic E-state index is -0.214. The lowest BCUT2D eigenvalue weighted by Gasteiger charge is -2.36. The molecule has 28 heavy (non-hydrogen) atoms. The minimum absolute atomic E-state index is 0. The number of benzene rings is 1. The second-order valence-electron chi connectivity index (χ2n) is 6.07. The topological polar surface area (TPSA) is 74.7 Å². The summed E-state index contributed by atoms with van der Waals surface area (Å²) in [5, 5.41) is 2.90. The Hall–Kier alpha value is -1.51. The summed E-state index contributed by atoms with van der Waals surface area (Å²) in [5.74, 6) is 0.241. The number of carbonyl (C=O) groups is 1. The van der Waals surface area contributed by atoms with Crippen molar-refractivity contribution in [2.24, 2.45) is 5.73 Å². The Labute approximate surface area is 182 Å². The Balaban J connectivity index is 0.00000243. The van der Waals surface area contributed by atoms with Gasteiger partial charge in [-0.25, -0.2) is 4.39 Å². The third kappa shape index (κ3) is 7.14. The molecule has 10 heteroatoms. The summed E-state index contributed by atoms with van der Waals surface area (Å²) < 4.78 is 18.2. The molecule has 158 valence electrons. The molecule has 0 atom stereocenters. The van der Waals surface area contributed by atoms with Crippen molar-refractivity contribution in [2.45, 2.75) is 6.54 Å². The van der Waals surface area contributed by atoms with Crippen LogP contribution >= 0.6 is 37.2 Å². The highest BCUT2D eigenvalue weighted by atomic mass is 35.5. The zero-order valence-electron chi connectivity index (χ0n) is 15.3. The molecule has 0 aliphatic carbocycles. The highest BCUT2D eigenvalue weighted by Gasteiger charge is 2.17. The van der Waals surface area contributed by atoms with Crippen LogP contribution in [0.3, 0.4) is 0 Å². The Morgan fingerprint density at radius 3 is 2.32 bits per heavy atom. The first kappa shape index (κ1) is 26.5. The van der Waals surface area contributed by atoms with Crippen LogP contribution in [0.1, 0.15) is 16.1 Å². The summed E-state index contributed by atoms with van der Waals surface area (Å²) >= 11 is 0. The van der Waals surface area contributed by atoms with Crippen LogP contribution in [0.2, 0.25) is 0 Å². The van der Waals surface area contributed by atoms with Crippen LogP contribution in [0.25, 0.3) is 0 Å². The van der Waals surface area contributed by atoms with Crippen molar-refractivity contribution in [3.63, 3.8) is 0 Å². The van der Waals surface area contributed by atoms with Crippen molar-refractivity contribution in [3.05, 3.63) is 53.7 Å². The maximum atomic E-state index is 13.0. The molecule has 6 nitrogen and oxygen atoms in total. The Bertz CT molecular complexity index is 707. The number of hydrogen-bond acceptors (Lipinski definition) is 5. The number of halogens is 4. The molecule has 0 spiro atoms. The van der Waals surface area contributed by atoms with Gasteiger partial charge < -0.3 is 20.4 Å². The van der Waals surface area contributed by atoms with Crippen molar-refractivity contribution in [1.82, 2.24) is 10.2 Å². The van der Waals surface area contributed by atoms with E-state index in [2.05, 4.69) is 15.1 Å². The second-order valence-corrected chi connectivity index (χ2v) is 6.07. The van der Waals surface area contributed by atoms with Gasteiger partial charge in [0.15, 0.2) is 0 Å². The van der Waals surface area contributed by atoms with Crippen LogP contribution in [-0.2, 0) is 6.54 Å². The van der Waals surface area contributed by atoms with Gasteiger partial charge in [-0.3, -0.25) is 9.69 Å². The van der Waals surface area contributed by atoms with E-state index < -0.39 is 0 Å². The van der Waals surface area contributed by atoms with Crippen molar-refractivity contribution >= 4 is 48.8 Å². The lowest BCUT2D eigenvalue weighted by atomic mass is 10.2. The van der Waals surface area contributed by atoms with Gasteiger partial charge in [-0.1, -0.05) is 0 Å². The molecule has 1 aromatic carbocycles. The third-order valence-electron chi connectivity index (χ3n) is 4.39. The van der Waals surface area contributed by atoms with E-state index in [1.807, 2.05) is 12.1 Å². The molecule has 1 amide bonds. The van der Waals surface area contributed by atoms with Crippen LogP contribution in [0, 0.1) is 5.82 Å². The van der Waals surface area contributed by atoms with Crippen LogP contribution in [-0.4, -0.2) is 50.1 Å². The number of hydrogen-bond donors (Lipinski definition) is 2. The van der Waals surface area contributed by atoms with Crippen LogP contribution in [0.5, 0.6) is 0 Å². The first-order chi connectivity index (χ1) is 12.2. The van der Waals surface area contributed by atoms with Crippen molar-refractivity contribution in [3.8, 4) is 0 Å². The zero-order valence-corrected chi connectivity index (χ0v) is 17.8. The second kappa shape index (κ2) is 12.9. The maximum absolute atomic E-state index is 13.0. The van der Waals surface area contributed by atoms with Gasteiger partial charge in [-0.15, -0.1) is 37.2 Å². The molecule has 1 saturated heterocycles. The number of rotatable bonds is 6. The molecule has 3 rings (SSSR count). The van der Waals surface area contributed by atoms with Crippen LogP contribution in [0.4, 0.5) is 10.1 Å². The fourth-order valence-corrected chi connectivity index (χ4v) is 2.92. The summed E-state index contributed by atoms with van der Waals surface area (Å²) in [6, 6.07) is 8.26. The number of anilines is 1. The highest BCUT2D eigenvalue weighted by molar-refractivity contribution is 5.93. The zero-order chi connectivity index (χ0) is 17.6. The summed E-state index contributed by atoms with van der Waals surface area (Å²) in [7, 11) is 0. The molecule has 3 N–H and O–H groups in total. The van der Waals surface area contributed by atoms with Gasteiger partial charge in [0.1, 0.15) is 17.8 Å². The first-order valence-electron chi connectivity index (χ1n) is 8.44. The van der Waals surface area contributed by atoms with Gasteiger partial charge in [-0.05, 0) is 30.3 Å². The Morgan fingerprint density at radius 1 is 1.11 bits per heavy atom. The number of furan rings is 1. The van der Waals surface area contributed by atoms with Gasteiger partial charge in [0.25, 0.3) is 5.91 Å². The SMILES string of the molecule is Cl.Cl.Cl.NCc1cc(C(=O)NCCN2CCN(c3ccc(F)cc3)CC2)co1. The highest BCUT2D eigenvalue weighted by Crippen LogP contribution is 2.16. The predicted molar refractivity (Wildman–Crippen MR) is 116 cm³/mol. The molecular weight excluding hydrogens is 430 g/mol. The van der Waals surface area contributed by atoms with E-state index in [0.29, 0.717) is 17.9 Å². The number of nitrogens with zero attached hydrogens (tertiary/aromatic N) is 2. The normalized spacial score (nSPS) is 13.7. The van der Waals surface area contributed by atoms with E-state index in [1.165, 1.54) is 18.4 Å².